The van der Waals surface area contributed by atoms with Gasteiger partial charge in [0.25, 0.3) is 0 Å². The molecule has 6 heteroatoms. The first-order chi connectivity index (χ1) is 16.2. The summed E-state index contributed by atoms with van der Waals surface area (Å²) in [6.45, 7) is 10.7. The average molecular weight is 466 g/mol. The second-order valence-electron chi connectivity index (χ2n) is 10.1. The largest absolute Gasteiger partial charge is 0.392 e. The van der Waals surface area contributed by atoms with E-state index in [1.165, 1.54) is 11.1 Å². The van der Waals surface area contributed by atoms with Crippen LogP contribution in [0.3, 0.4) is 0 Å². The lowest BCUT2D eigenvalue weighted by atomic mass is 9.81. The number of aryl methyl sites for hydroxylation is 1. The maximum Gasteiger partial charge on any atom is 0.148 e. The predicted octanol–water partition coefficient (Wildman–Crippen LogP) is 4.99. The molecule has 2 unspecified atom stereocenters. The van der Waals surface area contributed by atoms with Crippen LogP contribution >= 0.6 is 0 Å². The van der Waals surface area contributed by atoms with E-state index in [9.17, 15) is 14.3 Å². The number of nitrogens with zero attached hydrogens (tertiary/aromatic N) is 2. The number of rotatable bonds is 7. The third kappa shape index (κ3) is 4.07. The minimum atomic E-state index is -0.297. The van der Waals surface area contributed by atoms with E-state index in [0.717, 1.165) is 59.0 Å². The van der Waals surface area contributed by atoms with E-state index in [4.69, 9.17) is 4.98 Å². The molecule has 0 bridgehead atoms. The lowest BCUT2D eigenvalue weighted by molar-refractivity contribution is -0.105. The maximum absolute atomic E-state index is 14.9. The zero-order chi connectivity index (χ0) is 24.7. The first-order valence-corrected chi connectivity index (χ1v) is 12.3. The SMILES string of the molecule is CCC(C)C(/C=C1/c2nc3cc(F)c(C)c4c3c(c2CN1C)C(NC(C)C)CC4)=C(/C=O)CO. The summed E-state index contributed by atoms with van der Waals surface area (Å²) in [6.07, 6.45) is 5.35. The summed E-state index contributed by atoms with van der Waals surface area (Å²) < 4.78 is 14.9. The van der Waals surface area contributed by atoms with Gasteiger partial charge in [-0.15, -0.1) is 0 Å². The molecule has 0 radical (unpaired) electrons. The van der Waals surface area contributed by atoms with Crippen LogP contribution in [0.2, 0.25) is 0 Å². The molecular weight excluding hydrogens is 429 g/mol. The number of aliphatic hydroxyl groups excluding tert-OH is 1. The number of aliphatic hydroxyl groups is 1. The van der Waals surface area contributed by atoms with Crippen LogP contribution in [0.4, 0.5) is 4.39 Å². The van der Waals surface area contributed by atoms with Gasteiger partial charge >= 0.3 is 0 Å². The molecule has 5 nitrogen and oxygen atoms in total. The molecule has 0 saturated carbocycles. The van der Waals surface area contributed by atoms with Gasteiger partial charge in [-0.3, -0.25) is 4.79 Å². The van der Waals surface area contributed by atoms with Crippen molar-refractivity contribution in [1.82, 2.24) is 15.2 Å². The normalized spacial score (nSPS) is 20.2. The Morgan fingerprint density at radius 1 is 1.35 bits per heavy atom. The first kappa shape index (κ1) is 24.6. The Morgan fingerprint density at radius 2 is 2.09 bits per heavy atom. The van der Waals surface area contributed by atoms with Crippen molar-refractivity contribution in [2.24, 2.45) is 5.92 Å². The Balaban J connectivity index is 2.02. The molecule has 34 heavy (non-hydrogen) atoms. The number of pyridine rings is 1. The molecule has 2 heterocycles. The number of halogens is 1. The molecule has 2 N–H and O–H groups in total. The van der Waals surface area contributed by atoms with Gasteiger partial charge in [0, 0.05) is 48.3 Å². The van der Waals surface area contributed by atoms with Crippen LogP contribution in [0.1, 0.15) is 74.5 Å². The average Bonchev–Trinajstić information content (AvgIpc) is 3.11. The van der Waals surface area contributed by atoms with E-state index < -0.39 is 0 Å². The fraction of sp³-hybridized carbons (Fsp3) is 0.500. The van der Waals surface area contributed by atoms with Gasteiger partial charge in [0.05, 0.1) is 23.5 Å². The van der Waals surface area contributed by atoms with E-state index in [1.807, 2.05) is 20.0 Å². The first-order valence-electron chi connectivity index (χ1n) is 12.3. The van der Waals surface area contributed by atoms with Crippen molar-refractivity contribution < 1.29 is 14.3 Å². The number of benzene rings is 1. The molecule has 1 aromatic heterocycles. The number of aldehydes is 1. The molecule has 1 aliphatic carbocycles. The number of nitrogens with one attached hydrogen (secondary N) is 1. The zero-order valence-corrected chi connectivity index (χ0v) is 21.1. The van der Waals surface area contributed by atoms with Gasteiger partial charge in [-0.1, -0.05) is 27.7 Å². The topological polar surface area (TPSA) is 65.5 Å². The van der Waals surface area contributed by atoms with E-state index in [2.05, 4.69) is 37.9 Å². The highest BCUT2D eigenvalue weighted by molar-refractivity contribution is 5.92. The molecule has 0 amide bonds. The highest BCUT2D eigenvalue weighted by Gasteiger charge is 2.34. The van der Waals surface area contributed by atoms with Gasteiger partial charge in [0.1, 0.15) is 12.1 Å². The number of carbonyl (C=O) groups excluding carboxylic acids is 1. The molecule has 2 aliphatic rings. The number of hydrogen-bond acceptors (Lipinski definition) is 5. The van der Waals surface area contributed by atoms with Crippen molar-refractivity contribution in [3.05, 3.63) is 57.1 Å². The standard InChI is InChI=1S/C28H36FN3O2/c1-7-16(4)20(18(13-33)14-34)10-25-28-21(12-32(25)6)27-23(30-15(2)3)9-8-19-17(5)22(29)11-24(31-28)26(19)27/h10-11,13,15-16,23,30,34H,7-9,12,14H2,1-6H3/b20-18-,25-10-. The Bertz CT molecular complexity index is 1200. The van der Waals surface area contributed by atoms with Crippen molar-refractivity contribution in [1.29, 1.82) is 0 Å². The predicted molar refractivity (Wildman–Crippen MR) is 135 cm³/mol. The van der Waals surface area contributed by atoms with Crippen molar-refractivity contribution in [3.8, 4) is 0 Å². The summed E-state index contributed by atoms with van der Waals surface area (Å²) in [7, 11) is 2.03. The Morgan fingerprint density at radius 3 is 2.71 bits per heavy atom. The molecule has 0 fully saturated rings. The number of allylic oxidation sites excluding steroid dienone is 2. The quantitative estimate of drug-likeness (QED) is 0.446. The molecular formula is C28H36FN3O2. The van der Waals surface area contributed by atoms with Crippen molar-refractivity contribution in [3.63, 3.8) is 0 Å². The van der Waals surface area contributed by atoms with Crippen molar-refractivity contribution in [2.75, 3.05) is 13.7 Å². The van der Waals surface area contributed by atoms with Crippen LogP contribution in [-0.2, 0) is 17.8 Å². The number of carbonyl (C=O) groups is 1. The summed E-state index contributed by atoms with van der Waals surface area (Å²) in [5.74, 6) is -0.102. The minimum Gasteiger partial charge on any atom is -0.392 e. The van der Waals surface area contributed by atoms with Crippen LogP contribution in [0, 0.1) is 18.7 Å². The smallest absolute Gasteiger partial charge is 0.148 e. The Labute approximate surface area is 201 Å². The fourth-order valence-corrected chi connectivity index (χ4v) is 5.51. The summed E-state index contributed by atoms with van der Waals surface area (Å²) in [5.41, 5.74) is 7.88. The maximum atomic E-state index is 14.9. The van der Waals surface area contributed by atoms with E-state index in [0.29, 0.717) is 23.7 Å². The lowest BCUT2D eigenvalue weighted by Crippen LogP contribution is -2.31. The van der Waals surface area contributed by atoms with E-state index in [1.54, 1.807) is 6.07 Å². The number of fused-ring (bicyclic) bond motifs is 2. The van der Waals surface area contributed by atoms with Crippen LogP contribution in [-0.4, -0.2) is 41.0 Å². The molecule has 2 atom stereocenters. The zero-order valence-electron chi connectivity index (χ0n) is 21.1. The summed E-state index contributed by atoms with van der Waals surface area (Å²) in [4.78, 5) is 18.9. The van der Waals surface area contributed by atoms with Gasteiger partial charge in [-0.25, -0.2) is 9.37 Å². The molecule has 1 aliphatic heterocycles. The Kier molecular flexibility index (Phi) is 6.92. The number of hydrogen-bond donors (Lipinski definition) is 2. The van der Waals surface area contributed by atoms with Gasteiger partial charge in [-0.05, 0) is 60.4 Å². The molecule has 1 aromatic carbocycles. The Hall–Kier alpha value is -2.57. The minimum absolute atomic E-state index is 0.109. The van der Waals surface area contributed by atoms with E-state index in [-0.39, 0.29) is 24.4 Å². The second-order valence-corrected chi connectivity index (χ2v) is 10.1. The van der Waals surface area contributed by atoms with Crippen LogP contribution in [0.5, 0.6) is 0 Å². The molecule has 182 valence electrons. The molecule has 4 rings (SSSR count). The van der Waals surface area contributed by atoms with Gasteiger partial charge < -0.3 is 15.3 Å². The van der Waals surface area contributed by atoms with Crippen LogP contribution in [0.25, 0.3) is 16.6 Å². The van der Waals surface area contributed by atoms with Crippen molar-refractivity contribution >= 4 is 22.9 Å². The lowest BCUT2D eigenvalue weighted by Gasteiger charge is -2.31. The summed E-state index contributed by atoms with van der Waals surface area (Å²) in [6, 6.07) is 2.07. The second kappa shape index (κ2) is 9.59. The molecule has 0 saturated heterocycles. The third-order valence-corrected chi connectivity index (χ3v) is 7.48. The monoisotopic (exact) mass is 465 g/mol. The summed E-state index contributed by atoms with van der Waals surface area (Å²) in [5, 5.41) is 14.6. The van der Waals surface area contributed by atoms with Gasteiger partial charge in [0.2, 0.25) is 0 Å². The number of aromatic nitrogens is 1. The van der Waals surface area contributed by atoms with Crippen LogP contribution < -0.4 is 5.32 Å². The molecule has 0 spiro atoms. The van der Waals surface area contributed by atoms with Crippen LogP contribution in [0.15, 0.2) is 23.3 Å². The van der Waals surface area contributed by atoms with Gasteiger partial charge in [0.15, 0.2) is 0 Å². The molecule has 2 aromatic rings. The van der Waals surface area contributed by atoms with Gasteiger partial charge in [-0.2, -0.15) is 0 Å². The third-order valence-electron chi connectivity index (χ3n) is 7.48. The fourth-order valence-electron chi connectivity index (χ4n) is 5.51. The summed E-state index contributed by atoms with van der Waals surface area (Å²) >= 11 is 0. The van der Waals surface area contributed by atoms with Crippen molar-refractivity contribution in [2.45, 2.75) is 72.5 Å². The highest BCUT2D eigenvalue weighted by Crippen LogP contribution is 2.45. The van der Waals surface area contributed by atoms with E-state index >= 15 is 0 Å². The highest BCUT2D eigenvalue weighted by atomic mass is 19.1.